The quantitative estimate of drug-likeness (QED) is 0.424. The largest absolute Gasteiger partial charge is 0.382 e. The molecule has 1 heterocycles. The van der Waals surface area contributed by atoms with Crippen LogP contribution in [0.25, 0.3) is 5.69 Å². The summed E-state index contributed by atoms with van der Waals surface area (Å²) in [6.45, 7) is 6.76. The highest BCUT2D eigenvalue weighted by Crippen LogP contribution is 2.10. The molecule has 0 aliphatic heterocycles. The molecule has 160 valence electrons. The van der Waals surface area contributed by atoms with Crippen molar-refractivity contribution >= 4 is 0 Å². The van der Waals surface area contributed by atoms with Crippen molar-refractivity contribution in [2.24, 2.45) is 0 Å². The van der Waals surface area contributed by atoms with Crippen LogP contribution in [0, 0.1) is 6.92 Å². The minimum Gasteiger partial charge on any atom is -0.382 e. The van der Waals surface area contributed by atoms with Crippen LogP contribution in [0.2, 0.25) is 0 Å². The minimum absolute atomic E-state index is 0.0502. The molecule has 0 amide bonds. The molecule has 0 radical (unpaired) electrons. The molecule has 0 saturated carbocycles. The van der Waals surface area contributed by atoms with E-state index < -0.39 is 0 Å². The highest BCUT2D eigenvalue weighted by Gasteiger charge is 2.02. The predicted octanol–water partition coefficient (Wildman–Crippen LogP) is 2.36. The van der Waals surface area contributed by atoms with Crippen LogP contribution in [0.1, 0.15) is 11.1 Å². The SMILES string of the molecule is COCCOCCOCCOCCOCc1cccc(-n2cc(C)ccc2=O)c1. The summed E-state index contributed by atoms with van der Waals surface area (Å²) >= 11 is 0. The summed E-state index contributed by atoms with van der Waals surface area (Å²) in [5.74, 6) is 0. The Bertz CT molecular complexity index is 761. The van der Waals surface area contributed by atoms with Gasteiger partial charge in [-0.2, -0.15) is 0 Å². The van der Waals surface area contributed by atoms with Crippen LogP contribution in [-0.2, 0) is 30.3 Å². The Morgan fingerprint density at radius 3 is 2.07 bits per heavy atom. The number of pyridine rings is 1. The van der Waals surface area contributed by atoms with Crippen LogP contribution in [-0.4, -0.2) is 64.5 Å². The molecule has 1 aromatic heterocycles. The number of ether oxygens (including phenoxy) is 5. The topological polar surface area (TPSA) is 68.2 Å². The molecule has 1 aromatic carbocycles. The average Bonchev–Trinajstić information content (AvgIpc) is 2.73. The maximum absolute atomic E-state index is 12.1. The first kappa shape index (κ1) is 23.3. The van der Waals surface area contributed by atoms with Gasteiger partial charge < -0.3 is 23.7 Å². The zero-order chi connectivity index (χ0) is 20.7. The van der Waals surface area contributed by atoms with Crippen LogP contribution >= 0.6 is 0 Å². The molecule has 2 aromatic rings. The van der Waals surface area contributed by atoms with Crippen molar-refractivity contribution in [3.8, 4) is 5.69 Å². The lowest BCUT2D eigenvalue weighted by molar-refractivity contribution is -0.00948. The van der Waals surface area contributed by atoms with E-state index in [1.165, 1.54) is 0 Å². The molecular formula is C22H31NO6. The molecule has 0 spiro atoms. The second-order valence-electron chi connectivity index (χ2n) is 6.47. The average molecular weight is 405 g/mol. The van der Waals surface area contributed by atoms with Crippen molar-refractivity contribution in [1.29, 1.82) is 0 Å². The lowest BCUT2D eigenvalue weighted by Crippen LogP contribution is -2.16. The first-order chi connectivity index (χ1) is 14.2. The van der Waals surface area contributed by atoms with Gasteiger partial charge in [0.1, 0.15) is 0 Å². The number of benzene rings is 1. The van der Waals surface area contributed by atoms with Gasteiger partial charge in [0.2, 0.25) is 0 Å². The smallest absolute Gasteiger partial charge is 0.255 e. The zero-order valence-corrected chi connectivity index (χ0v) is 17.3. The third kappa shape index (κ3) is 9.34. The van der Waals surface area contributed by atoms with Crippen molar-refractivity contribution in [1.82, 2.24) is 4.57 Å². The Kier molecular flexibility index (Phi) is 11.3. The Labute approximate surface area is 172 Å². The predicted molar refractivity (Wildman–Crippen MR) is 111 cm³/mol. The van der Waals surface area contributed by atoms with E-state index in [1.807, 2.05) is 43.5 Å². The molecule has 0 bridgehead atoms. The van der Waals surface area contributed by atoms with Crippen LogP contribution in [0.3, 0.4) is 0 Å². The fourth-order valence-electron chi connectivity index (χ4n) is 2.58. The first-order valence-electron chi connectivity index (χ1n) is 9.79. The van der Waals surface area contributed by atoms with Crippen LogP contribution in [0.5, 0.6) is 0 Å². The summed E-state index contributed by atoms with van der Waals surface area (Å²) in [6.07, 6.45) is 1.84. The second kappa shape index (κ2) is 14.0. The van der Waals surface area contributed by atoms with Gasteiger partial charge in [0.15, 0.2) is 0 Å². The molecule has 7 nitrogen and oxygen atoms in total. The third-order valence-electron chi connectivity index (χ3n) is 4.06. The number of methoxy groups -OCH3 is 1. The van der Waals surface area contributed by atoms with Crippen LogP contribution in [0.15, 0.2) is 47.4 Å². The highest BCUT2D eigenvalue weighted by molar-refractivity contribution is 5.36. The van der Waals surface area contributed by atoms with E-state index >= 15 is 0 Å². The molecule has 0 atom stereocenters. The van der Waals surface area contributed by atoms with Crippen molar-refractivity contribution in [2.75, 3.05) is 60.0 Å². The lowest BCUT2D eigenvalue weighted by Gasteiger charge is -2.10. The summed E-state index contributed by atoms with van der Waals surface area (Å²) < 4.78 is 28.4. The third-order valence-corrected chi connectivity index (χ3v) is 4.06. The molecule has 0 N–H and O–H groups in total. The summed E-state index contributed by atoms with van der Waals surface area (Å²) in [7, 11) is 1.64. The number of aromatic nitrogens is 1. The summed E-state index contributed by atoms with van der Waals surface area (Å²) in [5, 5.41) is 0. The number of rotatable bonds is 15. The Hall–Kier alpha value is -2.03. The molecule has 2 rings (SSSR count). The number of hydrogen-bond acceptors (Lipinski definition) is 6. The standard InChI is InChI=1S/C22H31NO6/c1-19-6-7-22(24)23(17-19)21-5-3-4-20(16-21)18-29-15-14-28-13-12-27-11-10-26-9-8-25-2/h3-7,16-17H,8-15,18H2,1-2H3. The number of nitrogens with zero attached hydrogens (tertiary/aromatic N) is 1. The van der Waals surface area contributed by atoms with E-state index in [-0.39, 0.29) is 5.56 Å². The summed E-state index contributed by atoms with van der Waals surface area (Å²) in [5.41, 5.74) is 2.82. The Balaban J connectivity index is 1.57. The Morgan fingerprint density at radius 1 is 0.793 bits per heavy atom. The normalized spacial score (nSPS) is 11.1. The van der Waals surface area contributed by atoms with Gasteiger partial charge in [-0.3, -0.25) is 9.36 Å². The summed E-state index contributed by atoms with van der Waals surface area (Å²) in [6, 6.07) is 11.2. The van der Waals surface area contributed by atoms with Gasteiger partial charge in [-0.1, -0.05) is 18.2 Å². The van der Waals surface area contributed by atoms with Crippen molar-refractivity contribution < 1.29 is 23.7 Å². The summed E-state index contributed by atoms with van der Waals surface area (Å²) in [4.78, 5) is 12.1. The van der Waals surface area contributed by atoms with E-state index in [0.29, 0.717) is 59.5 Å². The number of hydrogen-bond donors (Lipinski definition) is 0. The fourth-order valence-corrected chi connectivity index (χ4v) is 2.58. The molecule has 0 fully saturated rings. The molecule has 29 heavy (non-hydrogen) atoms. The monoisotopic (exact) mass is 405 g/mol. The molecule has 0 aliphatic rings. The van der Waals surface area contributed by atoms with E-state index in [2.05, 4.69) is 0 Å². The van der Waals surface area contributed by atoms with Crippen molar-refractivity contribution in [3.63, 3.8) is 0 Å². The van der Waals surface area contributed by atoms with Gasteiger partial charge in [0.25, 0.3) is 5.56 Å². The van der Waals surface area contributed by atoms with E-state index in [4.69, 9.17) is 23.7 Å². The molecular weight excluding hydrogens is 374 g/mol. The van der Waals surface area contributed by atoms with Gasteiger partial charge in [-0.05, 0) is 30.2 Å². The van der Waals surface area contributed by atoms with Gasteiger partial charge in [-0.25, -0.2) is 0 Å². The van der Waals surface area contributed by atoms with Gasteiger partial charge in [-0.15, -0.1) is 0 Å². The molecule has 0 unspecified atom stereocenters. The van der Waals surface area contributed by atoms with Crippen LogP contribution in [0.4, 0.5) is 0 Å². The van der Waals surface area contributed by atoms with E-state index in [1.54, 1.807) is 17.7 Å². The minimum atomic E-state index is -0.0502. The lowest BCUT2D eigenvalue weighted by atomic mass is 10.2. The van der Waals surface area contributed by atoms with E-state index in [9.17, 15) is 4.79 Å². The van der Waals surface area contributed by atoms with Crippen molar-refractivity contribution in [2.45, 2.75) is 13.5 Å². The fraction of sp³-hybridized carbons (Fsp3) is 0.500. The van der Waals surface area contributed by atoms with Gasteiger partial charge >= 0.3 is 0 Å². The maximum atomic E-state index is 12.1. The zero-order valence-electron chi connectivity index (χ0n) is 17.3. The molecule has 0 saturated heterocycles. The first-order valence-corrected chi connectivity index (χ1v) is 9.79. The Morgan fingerprint density at radius 2 is 1.41 bits per heavy atom. The van der Waals surface area contributed by atoms with Crippen molar-refractivity contribution in [3.05, 3.63) is 64.1 Å². The molecule has 7 heteroatoms. The van der Waals surface area contributed by atoms with Gasteiger partial charge in [0, 0.05) is 25.1 Å². The molecule has 0 aliphatic carbocycles. The second-order valence-corrected chi connectivity index (χ2v) is 6.47. The maximum Gasteiger partial charge on any atom is 0.255 e. The van der Waals surface area contributed by atoms with E-state index in [0.717, 1.165) is 16.8 Å². The highest BCUT2D eigenvalue weighted by atomic mass is 16.6. The number of aryl methyl sites for hydroxylation is 1. The van der Waals surface area contributed by atoms with Gasteiger partial charge in [0.05, 0.1) is 59.5 Å². The van der Waals surface area contributed by atoms with Crippen LogP contribution < -0.4 is 5.56 Å².